The van der Waals surface area contributed by atoms with Crippen molar-refractivity contribution < 1.29 is 14.3 Å². The smallest absolute Gasteiger partial charge is 0.260 e. The summed E-state index contributed by atoms with van der Waals surface area (Å²) in [5, 5.41) is 0. The Kier molecular flexibility index (Phi) is 4.93. The van der Waals surface area contributed by atoms with Gasteiger partial charge in [-0.15, -0.1) is 0 Å². The Bertz CT molecular complexity index is 720. The lowest BCUT2D eigenvalue weighted by atomic mass is 10.2. The van der Waals surface area contributed by atoms with Crippen molar-refractivity contribution in [3.8, 4) is 11.6 Å². The van der Waals surface area contributed by atoms with Crippen LogP contribution in [-0.4, -0.2) is 46.6 Å². The normalized spacial score (nSPS) is 16.9. The number of hydrogen-bond acceptors (Lipinski definition) is 5. The predicted molar refractivity (Wildman–Crippen MR) is 89.1 cm³/mol. The van der Waals surface area contributed by atoms with Gasteiger partial charge < -0.3 is 14.4 Å². The first-order valence-corrected chi connectivity index (χ1v) is 8.04. The number of likely N-dealkylation sites (tertiary alicyclic amines) is 1. The number of benzene rings is 1. The number of rotatable bonds is 5. The Morgan fingerprint density at radius 2 is 2.21 bits per heavy atom. The zero-order valence-electron chi connectivity index (χ0n) is 13.9. The van der Waals surface area contributed by atoms with Crippen LogP contribution in [0.25, 0.3) is 0 Å². The minimum atomic E-state index is -0.0396. The van der Waals surface area contributed by atoms with Gasteiger partial charge in [-0.25, -0.2) is 4.98 Å². The molecule has 0 unspecified atom stereocenters. The van der Waals surface area contributed by atoms with Crippen LogP contribution < -0.4 is 9.47 Å². The van der Waals surface area contributed by atoms with Gasteiger partial charge in [0.25, 0.3) is 5.91 Å². The highest BCUT2D eigenvalue weighted by Crippen LogP contribution is 2.17. The van der Waals surface area contributed by atoms with Gasteiger partial charge in [-0.2, -0.15) is 4.98 Å². The molecule has 0 radical (unpaired) electrons. The van der Waals surface area contributed by atoms with E-state index >= 15 is 0 Å². The molecule has 1 aromatic carbocycles. The minimum absolute atomic E-state index is 0.0264. The van der Waals surface area contributed by atoms with E-state index in [4.69, 9.17) is 9.47 Å². The maximum absolute atomic E-state index is 12.3. The predicted octanol–water partition coefficient (Wildman–Crippen LogP) is 2.15. The van der Waals surface area contributed by atoms with Crippen LogP contribution in [-0.2, 0) is 4.79 Å². The molecule has 1 atom stereocenters. The van der Waals surface area contributed by atoms with E-state index in [1.807, 2.05) is 38.1 Å². The zero-order chi connectivity index (χ0) is 16.9. The second-order valence-electron chi connectivity index (χ2n) is 5.92. The molecule has 2 heterocycles. The maximum Gasteiger partial charge on any atom is 0.260 e. The molecule has 0 aliphatic carbocycles. The Morgan fingerprint density at radius 1 is 1.33 bits per heavy atom. The van der Waals surface area contributed by atoms with Crippen molar-refractivity contribution in [1.82, 2.24) is 14.9 Å². The third-order valence-electron chi connectivity index (χ3n) is 3.89. The molecule has 6 nitrogen and oxygen atoms in total. The molecule has 1 aliphatic heterocycles. The number of amides is 1. The number of aryl methyl sites for hydroxylation is 2. The van der Waals surface area contributed by atoms with Gasteiger partial charge in [-0.3, -0.25) is 4.79 Å². The third-order valence-corrected chi connectivity index (χ3v) is 3.89. The summed E-state index contributed by atoms with van der Waals surface area (Å²) in [6.07, 6.45) is 2.42. The van der Waals surface area contributed by atoms with E-state index in [1.165, 1.54) is 0 Å². The largest absolute Gasteiger partial charge is 0.484 e. The van der Waals surface area contributed by atoms with Crippen molar-refractivity contribution >= 4 is 5.91 Å². The van der Waals surface area contributed by atoms with Gasteiger partial charge in [0.2, 0.25) is 5.88 Å². The van der Waals surface area contributed by atoms with Gasteiger partial charge in [0, 0.05) is 25.2 Å². The highest BCUT2D eigenvalue weighted by Gasteiger charge is 2.28. The van der Waals surface area contributed by atoms with Crippen molar-refractivity contribution in [2.45, 2.75) is 26.4 Å². The summed E-state index contributed by atoms with van der Waals surface area (Å²) < 4.78 is 11.4. The Morgan fingerprint density at radius 3 is 3.00 bits per heavy atom. The van der Waals surface area contributed by atoms with Crippen LogP contribution in [0.1, 0.15) is 17.8 Å². The molecule has 2 aromatic rings. The monoisotopic (exact) mass is 327 g/mol. The number of ether oxygens (including phenoxy) is 2. The SMILES string of the molecule is Cc1cccc(OCC(=O)N2CC[C@@H](Oc3ccnc(C)n3)C2)c1. The topological polar surface area (TPSA) is 64.5 Å². The van der Waals surface area contributed by atoms with Crippen molar-refractivity contribution in [2.24, 2.45) is 0 Å². The summed E-state index contributed by atoms with van der Waals surface area (Å²) in [5.41, 5.74) is 1.11. The van der Waals surface area contributed by atoms with E-state index in [0.717, 1.165) is 12.0 Å². The van der Waals surface area contributed by atoms with E-state index in [0.29, 0.717) is 30.5 Å². The Balaban J connectivity index is 1.49. The second-order valence-corrected chi connectivity index (χ2v) is 5.92. The number of carbonyl (C=O) groups is 1. The highest BCUT2D eigenvalue weighted by molar-refractivity contribution is 5.78. The average molecular weight is 327 g/mol. The van der Waals surface area contributed by atoms with Gasteiger partial charge in [0.05, 0.1) is 6.54 Å². The van der Waals surface area contributed by atoms with Gasteiger partial charge in [-0.1, -0.05) is 12.1 Å². The first-order valence-electron chi connectivity index (χ1n) is 8.04. The molecule has 126 valence electrons. The molecule has 0 N–H and O–H groups in total. The maximum atomic E-state index is 12.3. The third kappa shape index (κ3) is 4.22. The molecule has 1 amide bonds. The lowest BCUT2D eigenvalue weighted by Crippen LogP contribution is -2.34. The molecule has 24 heavy (non-hydrogen) atoms. The Labute approximate surface area is 141 Å². The van der Waals surface area contributed by atoms with Gasteiger partial charge in [0.15, 0.2) is 6.61 Å². The van der Waals surface area contributed by atoms with E-state index in [2.05, 4.69) is 9.97 Å². The van der Waals surface area contributed by atoms with E-state index in [9.17, 15) is 4.79 Å². The van der Waals surface area contributed by atoms with Crippen molar-refractivity contribution in [2.75, 3.05) is 19.7 Å². The summed E-state index contributed by atoms with van der Waals surface area (Å²) >= 11 is 0. The minimum Gasteiger partial charge on any atom is -0.484 e. The molecule has 0 bridgehead atoms. The summed E-state index contributed by atoms with van der Waals surface area (Å²) in [6.45, 7) is 5.08. The second kappa shape index (κ2) is 7.29. The van der Waals surface area contributed by atoms with E-state index in [-0.39, 0.29) is 18.6 Å². The molecule has 0 spiro atoms. The summed E-state index contributed by atoms with van der Waals surface area (Å²) in [4.78, 5) is 22.3. The van der Waals surface area contributed by atoms with Crippen molar-refractivity contribution in [3.63, 3.8) is 0 Å². The lowest BCUT2D eigenvalue weighted by Gasteiger charge is -2.17. The number of hydrogen-bond donors (Lipinski definition) is 0. The van der Waals surface area contributed by atoms with Crippen molar-refractivity contribution in [3.05, 3.63) is 47.9 Å². The fraction of sp³-hybridized carbons (Fsp3) is 0.389. The first-order chi connectivity index (χ1) is 11.6. The van der Waals surface area contributed by atoms with Crippen LogP contribution in [0, 0.1) is 13.8 Å². The van der Waals surface area contributed by atoms with E-state index in [1.54, 1.807) is 17.2 Å². The first kappa shape index (κ1) is 16.2. The van der Waals surface area contributed by atoms with Crippen LogP contribution in [0.5, 0.6) is 11.6 Å². The van der Waals surface area contributed by atoms with Crippen LogP contribution in [0.4, 0.5) is 0 Å². The quantitative estimate of drug-likeness (QED) is 0.842. The fourth-order valence-corrected chi connectivity index (χ4v) is 2.66. The fourth-order valence-electron chi connectivity index (χ4n) is 2.66. The molecule has 1 aromatic heterocycles. The lowest BCUT2D eigenvalue weighted by molar-refractivity contribution is -0.132. The Hall–Kier alpha value is -2.63. The molecule has 1 fully saturated rings. The number of carbonyl (C=O) groups excluding carboxylic acids is 1. The number of nitrogens with zero attached hydrogens (tertiary/aromatic N) is 3. The van der Waals surface area contributed by atoms with Crippen molar-refractivity contribution in [1.29, 1.82) is 0 Å². The van der Waals surface area contributed by atoms with Gasteiger partial charge in [-0.05, 0) is 31.5 Å². The van der Waals surface area contributed by atoms with Gasteiger partial charge >= 0.3 is 0 Å². The molecule has 3 rings (SSSR count). The molecular formula is C18H21N3O3. The van der Waals surface area contributed by atoms with Gasteiger partial charge in [0.1, 0.15) is 17.7 Å². The van der Waals surface area contributed by atoms with E-state index < -0.39 is 0 Å². The standard InChI is InChI=1S/C18H21N3O3/c1-13-4-3-5-15(10-13)23-12-18(22)21-9-7-16(11-21)24-17-6-8-19-14(2)20-17/h3-6,8,10,16H,7,9,11-12H2,1-2H3/t16-/m1/s1. The summed E-state index contributed by atoms with van der Waals surface area (Å²) in [5.74, 6) is 1.91. The summed E-state index contributed by atoms with van der Waals surface area (Å²) in [7, 11) is 0. The molecule has 0 saturated carbocycles. The molecular weight excluding hydrogens is 306 g/mol. The highest BCUT2D eigenvalue weighted by atomic mass is 16.5. The number of aromatic nitrogens is 2. The van der Waals surface area contributed by atoms with Crippen LogP contribution in [0.15, 0.2) is 36.5 Å². The van der Waals surface area contributed by atoms with Crippen LogP contribution in [0.3, 0.4) is 0 Å². The van der Waals surface area contributed by atoms with Crippen LogP contribution >= 0.6 is 0 Å². The molecule has 1 aliphatic rings. The summed E-state index contributed by atoms with van der Waals surface area (Å²) in [6, 6.07) is 9.41. The van der Waals surface area contributed by atoms with Crippen LogP contribution in [0.2, 0.25) is 0 Å². The molecule has 6 heteroatoms. The molecule has 1 saturated heterocycles. The zero-order valence-corrected chi connectivity index (χ0v) is 13.9. The average Bonchev–Trinajstić information content (AvgIpc) is 3.01.